The fourth-order valence-electron chi connectivity index (χ4n) is 1.80. The van der Waals surface area contributed by atoms with Gasteiger partial charge in [-0.3, -0.25) is 9.05 Å². The monoisotopic (exact) mass is 276 g/mol. The summed E-state index contributed by atoms with van der Waals surface area (Å²) in [6.07, 6.45) is -0.555. The molecule has 1 heterocycles. The Morgan fingerprint density at radius 2 is 2.12 bits per heavy atom. The molecule has 0 radical (unpaired) electrons. The van der Waals surface area contributed by atoms with Crippen LogP contribution in [-0.4, -0.2) is 11.5 Å². The van der Waals surface area contributed by atoms with Gasteiger partial charge in [0.1, 0.15) is 6.10 Å². The van der Waals surface area contributed by atoms with Crippen LogP contribution in [0.3, 0.4) is 0 Å². The molecule has 4 nitrogen and oxygen atoms in total. The largest absolute Gasteiger partial charge is 0.472 e. The van der Waals surface area contributed by atoms with E-state index in [4.69, 9.17) is 20.6 Å². The number of hydrogen-bond donors (Lipinski definition) is 1. The first-order valence-electron chi connectivity index (χ1n) is 5.22. The molecule has 1 saturated heterocycles. The third-order valence-electron chi connectivity index (χ3n) is 2.74. The van der Waals surface area contributed by atoms with Gasteiger partial charge in [-0.25, -0.2) is 4.57 Å². The number of phosphoric acid groups is 1. The fourth-order valence-corrected chi connectivity index (χ4v) is 3.25. The SMILES string of the molecule is CC1(C)COP(=O)(O)OC1c1ccccc1Cl. The van der Waals surface area contributed by atoms with Crippen molar-refractivity contribution in [2.45, 2.75) is 20.0 Å². The molecule has 1 aromatic rings. The van der Waals surface area contributed by atoms with Gasteiger partial charge in [0, 0.05) is 16.0 Å². The van der Waals surface area contributed by atoms with Gasteiger partial charge in [-0.15, -0.1) is 0 Å². The lowest BCUT2D eigenvalue weighted by Crippen LogP contribution is -2.33. The molecule has 1 fully saturated rings. The van der Waals surface area contributed by atoms with Crippen molar-refractivity contribution in [1.82, 2.24) is 0 Å². The van der Waals surface area contributed by atoms with Crippen molar-refractivity contribution in [3.05, 3.63) is 34.9 Å². The maximum atomic E-state index is 11.5. The molecular formula is C11H14ClO4P. The Labute approximate surface area is 105 Å². The van der Waals surface area contributed by atoms with Gasteiger partial charge in [-0.2, -0.15) is 0 Å². The lowest BCUT2D eigenvalue weighted by molar-refractivity contribution is -0.0472. The van der Waals surface area contributed by atoms with Crippen molar-refractivity contribution in [1.29, 1.82) is 0 Å². The first-order chi connectivity index (χ1) is 7.82. The van der Waals surface area contributed by atoms with Gasteiger partial charge in [-0.1, -0.05) is 43.6 Å². The molecule has 1 aromatic carbocycles. The second-order valence-electron chi connectivity index (χ2n) is 4.74. The van der Waals surface area contributed by atoms with Crippen LogP contribution in [0.1, 0.15) is 25.5 Å². The zero-order valence-electron chi connectivity index (χ0n) is 9.59. The lowest BCUT2D eigenvalue weighted by atomic mass is 9.83. The van der Waals surface area contributed by atoms with Gasteiger partial charge >= 0.3 is 7.82 Å². The van der Waals surface area contributed by atoms with E-state index < -0.39 is 19.3 Å². The third kappa shape index (κ3) is 2.72. The summed E-state index contributed by atoms with van der Waals surface area (Å²) in [5.41, 5.74) is 0.290. The van der Waals surface area contributed by atoms with E-state index in [1.165, 1.54) is 0 Å². The van der Waals surface area contributed by atoms with Crippen LogP contribution >= 0.6 is 19.4 Å². The van der Waals surface area contributed by atoms with Crippen LogP contribution in [-0.2, 0) is 13.6 Å². The first-order valence-corrected chi connectivity index (χ1v) is 7.09. The molecule has 0 saturated carbocycles. The molecule has 0 aliphatic carbocycles. The number of rotatable bonds is 1. The van der Waals surface area contributed by atoms with Gasteiger partial charge in [0.05, 0.1) is 6.61 Å². The molecule has 2 unspecified atom stereocenters. The van der Waals surface area contributed by atoms with Gasteiger partial charge in [-0.05, 0) is 6.07 Å². The standard InChI is InChI=1S/C11H14ClO4P/c1-11(2)7-15-17(13,14)16-10(11)8-5-3-4-6-9(8)12/h3-6,10H,7H2,1-2H3,(H,13,14). The zero-order chi connectivity index (χ0) is 12.7. The van der Waals surface area contributed by atoms with Crippen molar-refractivity contribution in [3.8, 4) is 0 Å². The van der Waals surface area contributed by atoms with E-state index in [1.807, 2.05) is 19.9 Å². The normalized spacial score (nSPS) is 32.4. The van der Waals surface area contributed by atoms with E-state index in [1.54, 1.807) is 18.2 Å². The molecular weight excluding hydrogens is 263 g/mol. The van der Waals surface area contributed by atoms with Crippen molar-refractivity contribution in [2.75, 3.05) is 6.61 Å². The fraction of sp³-hybridized carbons (Fsp3) is 0.455. The Morgan fingerprint density at radius 1 is 1.47 bits per heavy atom. The molecule has 1 N–H and O–H groups in total. The summed E-state index contributed by atoms with van der Waals surface area (Å²) < 4.78 is 21.5. The van der Waals surface area contributed by atoms with Crippen LogP contribution in [0.15, 0.2) is 24.3 Å². The molecule has 6 heteroatoms. The number of hydrogen-bond acceptors (Lipinski definition) is 3. The predicted octanol–water partition coefficient (Wildman–Crippen LogP) is 3.55. The average Bonchev–Trinajstić information content (AvgIpc) is 2.23. The molecule has 0 spiro atoms. The van der Waals surface area contributed by atoms with Crippen LogP contribution in [0.25, 0.3) is 0 Å². The van der Waals surface area contributed by atoms with E-state index in [0.29, 0.717) is 10.6 Å². The molecule has 17 heavy (non-hydrogen) atoms. The molecule has 0 amide bonds. The molecule has 2 atom stereocenters. The number of phosphoric ester groups is 1. The molecule has 0 bridgehead atoms. The number of halogens is 1. The summed E-state index contributed by atoms with van der Waals surface area (Å²) in [7, 11) is -3.97. The van der Waals surface area contributed by atoms with E-state index in [-0.39, 0.29) is 6.61 Å². The summed E-state index contributed by atoms with van der Waals surface area (Å²) in [6.45, 7) is 3.96. The Bertz CT molecular complexity index is 474. The first kappa shape index (κ1) is 13.1. The smallest absolute Gasteiger partial charge is 0.302 e. The van der Waals surface area contributed by atoms with Crippen molar-refractivity contribution >= 4 is 19.4 Å². The third-order valence-corrected chi connectivity index (χ3v) is 4.01. The highest BCUT2D eigenvalue weighted by Crippen LogP contribution is 2.58. The zero-order valence-corrected chi connectivity index (χ0v) is 11.2. The molecule has 1 aliphatic rings. The summed E-state index contributed by atoms with van der Waals surface area (Å²) >= 11 is 6.09. The average molecular weight is 277 g/mol. The van der Waals surface area contributed by atoms with Crippen molar-refractivity contribution in [3.63, 3.8) is 0 Å². The summed E-state index contributed by atoms with van der Waals surface area (Å²) in [5, 5.41) is 0.521. The summed E-state index contributed by atoms with van der Waals surface area (Å²) in [5.74, 6) is 0. The van der Waals surface area contributed by atoms with Gasteiger partial charge in [0.2, 0.25) is 0 Å². The van der Waals surface area contributed by atoms with E-state index in [0.717, 1.165) is 0 Å². The minimum absolute atomic E-state index is 0.149. The van der Waals surface area contributed by atoms with Gasteiger partial charge in [0.15, 0.2) is 0 Å². The second-order valence-corrected chi connectivity index (χ2v) is 6.55. The maximum absolute atomic E-state index is 11.5. The Kier molecular flexibility index (Phi) is 3.36. The molecule has 94 valence electrons. The summed E-state index contributed by atoms with van der Waals surface area (Å²) in [4.78, 5) is 9.40. The van der Waals surface area contributed by atoms with Crippen molar-refractivity contribution < 1.29 is 18.5 Å². The van der Waals surface area contributed by atoms with Crippen LogP contribution in [0.2, 0.25) is 5.02 Å². The highest BCUT2D eigenvalue weighted by Gasteiger charge is 2.45. The maximum Gasteiger partial charge on any atom is 0.472 e. The van der Waals surface area contributed by atoms with Gasteiger partial charge < -0.3 is 4.89 Å². The van der Waals surface area contributed by atoms with Crippen LogP contribution < -0.4 is 0 Å². The molecule has 0 aromatic heterocycles. The second kappa shape index (κ2) is 4.38. The van der Waals surface area contributed by atoms with E-state index >= 15 is 0 Å². The topological polar surface area (TPSA) is 55.8 Å². The Hall–Kier alpha value is -0.380. The van der Waals surface area contributed by atoms with Crippen LogP contribution in [0, 0.1) is 5.41 Å². The minimum atomic E-state index is -3.97. The highest BCUT2D eigenvalue weighted by molar-refractivity contribution is 7.47. The molecule has 1 aliphatic heterocycles. The highest BCUT2D eigenvalue weighted by atomic mass is 35.5. The van der Waals surface area contributed by atoms with Crippen LogP contribution in [0.5, 0.6) is 0 Å². The lowest BCUT2D eigenvalue weighted by Gasteiger charge is -2.39. The van der Waals surface area contributed by atoms with E-state index in [9.17, 15) is 9.46 Å². The Morgan fingerprint density at radius 3 is 2.76 bits per heavy atom. The van der Waals surface area contributed by atoms with Crippen molar-refractivity contribution in [2.24, 2.45) is 5.41 Å². The summed E-state index contributed by atoms with van der Waals surface area (Å²) in [6, 6.07) is 7.14. The number of benzene rings is 1. The van der Waals surface area contributed by atoms with Crippen LogP contribution in [0.4, 0.5) is 0 Å². The minimum Gasteiger partial charge on any atom is -0.302 e. The van der Waals surface area contributed by atoms with E-state index in [2.05, 4.69) is 0 Å². The quantitative estimate of drug-likeness (QED) is 0.797. The van der Waals surface area contributed by atoms with Gasteiger partial charge in [0.25, 0.3) is 0 Å². The Balaban J connectivity index is 2.41. The predicted molar refractivity (Wildman–Crippen MR) is 64.8 cm³/mol. The molecule has 2 rings (SSSR count).